The van der Waals surface area contributed by atoms with Crippen LogP contribution in [0.3, 0.4) is 0 Å². The van der Waals surface area contributed by atoms with E-state index in [2.05, 4.69) is 20.4 Å². The van der Waals surface area contributed by atoms with Gasteiger partial charge >= 0.3 is 0 Å². The van der Waals surface area contributed by atoms with Crippen molar-refractivity contribution in [2.45, 2.75) is 19.9 Å². The second-order valence-corrected chi connectivity index (χ2v) is 4.79. The lowest BCUT2D eigenvalue weighted by atomic mass is 10.1. The molecule has 3 rings (SSSR count). The van der Waals surface area contributed by atoms with Crippen LogP contribution >= 0.6 is 0 Å². The molecule has 3 aromatic rings. The first-order chi connectivity index (χ1) is 10.0. The van der Waals surface area contributed by atoms with Gasteiger partial charge in [0.25, 0.3) is 5.78 Å². The van der Waals surface area contributed by atoms with Gasteiger partial charge in [-0.1, -0.05) is 6.07 Å². The fourth-order valence-electron chi connectivity index (χ4n) is 2.12. The number of aryl methyl sites for hydroxylation is 1. The highest BCUT2D eigenvalue weighted by Gasteiger charge is 2.12. The molecule has 0 fully saturated rings. The van der Waals surface area contributed by atoms with E-state index in [9.17, 15) is 8.78 Å². The Bertz CT molecular complexity index is 799. The Kier molecular flexibility index (Phi) is 3.25. The number of halogens is 2. The Balaban J connectivity index is 1.94. The molecule has 0 bridgehead atoms. The minimum Gasteiger partial charge on any atom is -0.363 e. The van der Waals surface area contributed by atoms with Crippen LogP contribution in [0.25, 0.3) is 5.78 Å². The van der Waals surface area contributed by atoms with E-state index < -0.39 is 11.6 Å². The van der Waals surface area contributed by atoms with Crippen LogP contribution in [0, 0.1) is 18.6 Å². The SMILES string of the molecule is Cc1cc(N[C@H](C)c2ccc(F)c(F)c2)n2ncnc2n1. The predicted octanol–water partition coefficient (Wildman–Crippen LogP) is 2.88. The summed E-state index contributed by atoms with van der Waals surface area (Å²) in [6.45, 7) is 3.70. The van der Waals surface area contributed by atoms with Crippen molar-refractivity contribution in [3.63, 3.8) is 0 Å². The first kappa shape index (κ1) is 13.4. The number of benzene rings is 1. The largest absolute Gasteiger partial charge is 0.363 e. The van der Waals surface area contributed by atoms with Crippen molar-refractivity contribution < 1.29 is 8.78 Å². The van der Waals surface area contributed by atoms with Crippen molar-refractivity contribution in [3.05, 3.63) is 53.5 Å². The molecule has 1 atom stereocenters. The third-order valence-electron chi connectivity index (χ3n) is 3.19. The molecule has 0 aliphatic heterocycles. The summed E-state index contributed by atoms with van der Waals surface area (Å²) in [7, 11) is 0. The third-order valence-corrected chi connectivity index (χ3v) is 3.19. The molecule has 0 saturated carbocycles. The number of aromatic nitrogens is 4. The number of rotatable bonds is 3. The number of nitrogens with one attached hydrogen (secondary N) is 1. The average Bonchev–Trinajstić information content (AvgIpc) is 2.90. The number of hydrogen-bond acceptors (Lipinski definition) is 4. The molecule has 1 aromatic carbocycles. The maximum Gasteiger partial charge on any atom is 0.254 e. The molecule has 5 nitrogen and oxygen atoms in total. The van der Waals surface area contributed by atoms with Crippen molar-refractivity contribution in [1.82, 2.24) is 19.6 Å². The van der Waals surface area contributed by atoms with Gasteiger partial charge in [-0.3, -0.25) is 0 Å². The van der Waals surface area contributed by atoms with E-state index in [1.807, 2.05) is 19.9 Å². The molecule has 1 N–H and O–H groups in total. The molecule has 2 heterocycles. The molecule has 21 heavy (non-hydrogen) atoms. The molecular formula is C14H13F2N5. The number of hydrogen-bond donors (Lipinski definition) is 1. The Labute approximate surface area is 119 Å². The summed E-state index contributed by atoms with van der Waals surface area (Å²) in [5.41, 5.74) is 1.42. The van der Waals surface area contributed by atoms with E-state index in [4.69, 9.17) is 0 Å². The van der Waals surface area contributed by atoms with Gasteiger partial charge in [0.15, 0.2) is 11.6 Å². The highest BCUT2D eigenvalue weighted by Crippen LogP contribution is 2.21. The molecule has 108 valence electrons. The molecule has 2 aromatic heterocycles. The minimum absolute atomic E-state index is 0.228. The Morgan fingerprint density at radius 1 is 1.19 bits per heavy atom. The van der Waals surface area contributed by atoms with Gasteiger partial charge in [0.2, 0.25) is 0 Å². The second-order valence-electron chi connectivity index (χ2n) is 4.79. The van der Waals surface area contributed by atoms with E-state index in [-0.39, 0.29) is 6.04 Å². The van der Waals surface area contributed by atoms with Crippen molar-refractivity contribution >= 4 is 11.6 Å². The van der Waals surface area contributed by atoms with Gasteiger partial charge in [-0.05, 0) is 31.5 Å². The first-order valence-electron chi connectivity index (χ1n) is 6.43. The highest BCUT2D eigenvalue weighted by molar-refractivity contribution is 5.46. The topological polar surface area (TPSA) is 55.1 Å². The normalized spacial score (nSPS) is 12.6. The van der Waals surface area contributed by atoms with Gasteiger partial charge in [0.05, 0.1) is 6.04 Å². The van der Waals surface area contributed by atoms with Crippen molar-refractivity contribution in [3.8, 4) is 0 Å². The highest BCUT2D eigenvalue weighted by atomic mass is 19.2. The smallest absolute Gasteiger partial charge is 0.254 e. The van der Waals surface area contributed by atoms with Crippen LogP contribution in [0.5, 0.6) is 0 Å². The molecule has 0 aliphatic rings. The summed E-state index contributed by atoms with van der Waals surface area (Å²) >= 11 is 0. The maximum atomic E-state index is 13.3. The third kappa shape index (κ3) is 2.54. The molecule has 0 spiro atoms. The molecule has 7 heteroatoms. The summed E-state index contributed by atoms with van der Waals surface area (Å²) in [6.07, 6.45) is 1.41. The van der Waals surface area contributed by atoms with Crippen molar-refractivity contribution in [1.29, 1.82) is 0 Å². The minimum atomic E-state index is -0.863. The lowest BCUT2D eigenvalue weighted by molar-refractivity contribution is 0.506. The second kappa shape index (κ2) is 5.08. The Hall–Kier alpha value is -2.57. The molecule has 0 saturated heterocycles. The van der Waals surface area contributed by atoms with Crippen LogP contribution in [0.2, 0.25) is 0 Å². The lowest BCUT2D eigenvalue weighted by Gasteiger charge is -2.16. The zero-order valence-corrected chi connectivity index (χ0v) is 11.5. The Morgan fingerprint density at radius 3 is 2.76 bits per heavy atom. The molecule has 0 radical (unpaired) electrons. The predicted molar refractivity (Wildman–Crippen MR) is 73.9 cm³/mol. The molecule has 0 amide bonds. The van der Waals surface area contributed by atoms with Crippen LogP contribution in [0.1, 0.15) is 24.2 Å². The van der Waals surface area contributed by atoms with Gasteiger partial charge in [-0.2, -0.15) is 14.6 Å². The van der Waals surface area contributed by atoms with Crippen molar-refractivity contribution in [2.75, 3.05) is 5.32 Å². The Morgan fingerprint density at radius 2 is 2.00 bits per heavy atom. The first-order valence-corrected chi connectivity index (χ1v) is 6.43. The maximum absolute atomic E-state index is 13.3. The van der Waals surface area contributed by atoms with Gasteiger partial charge in [-0.25, -0.2) is 13.8 Å². The average molecular weight is 289 g/mol. The van der Waals surface area contributed by atoms with Crippen LogP contribution in [-0.2, 0) is 0 Å². The van der Waals surface area contributed by atoms with E-state index in [0.717, 1.165) is 11.8 Å². The zero-order chi connectivity index (χ0) is 15.0. The molecule has 0 unspecified atom stereocenters. The number of nitrogens with zero attached hydrogens (tertiary/aromatic N) is 4. The fraction of sp³-hybridized carbons (Fsp3) is 0.214. The van der Waals surface area contributed by atoms with Gasteiger partial charge < -0.3 is 5.32 Å². The summed E-state index contributed by atoms with van der Waals surface area (Å²) < 4.78 is 27.8. The van der Waals surface area contributed by atoms with Crippen LogP contribution in [0.4, 0.5) is 14.6 Å². The van der Waals surface area contributed by atoms with Gasteiger partial charge in [-0.15, -0.1) is 0 Å². The lowest BCUT2D eigenvalue weighted by Crippen LogP contribution is -2.11. The summed E-state index contributed by atoms with van der Waals surface area (Å²) in [4.78, 5) is 8.28. The number of anilines is 1. The van der Waals surface area contributed by atoms with E-state index in [0.29, 0.717) is 17.2 Å². The quantitative estimate of drug-likeness (QED) is 0.805. The van der Waals surface area contributed by atoms with E-state index >= 15 is 0 Å². The van der Waals surface area contributed by atoms with Crippen LogP contribution in [0.15, 0.2) is 30.6 Å². The van der Waals surface area contributed by atoms with E-state index in [1.165, 1.54) is 12.4 Å². The van der Waals surface area contributed by atoms with Gasteiger partial charge in [0, 0.05) is 11.8 Å². The monoisotopic (exact) mass is 289 g/mol. The van der Waals surface area contributed by atoms with Crippen LogP contribution < -0.4 is 5.32 Å². The fourth-order valence-corrected chi connectivity index (χ4v) is 2.12. The summed E-state index contributed by atoms with van der Waals surface area (Å²) in [5.74, 6) is -0.551. The standard InChI is InChI=1S/C14H13F2N5/c1-8-5-13(21-14(19-8)17-7-18-21)20-9(2)10-3-4-11(15)12(16)6-10/h3-7,9,20H,1-2H3/t9-/m1/s1. The summed E-state index contributed by atoms with van der Waals surface area (Å²) in [6, 6.07) is 5.43. The number of fused-ring (bicyclic) bond motifs is 1. The van der Waals surface area contributed by atoms with E-state index in [1.54, 1.807) is 10.6 Å². The molecule has 0 aliphatic carbocycles. The van der Waals surface area contributed by atoms with Crippen LogP contribution in [-0.4, -0.2) is 19.6 Å². The molecular weight excluding hydrogens is 276 g/mol. The van der Waals surface area contributed by atoms with Gasteiger partial charge in [0.1, 0.15) is 12.1 Å². The zero-order valence-electron chi connectivity index (χ0n) is 11.5. The summed E-state index contributed by atoms with van der Waals surface area (Å²) in [5, 5.41) is 7.29. The van der Waals surface area contributed by atoms with Crippen molar-refractivity contribution in [2.24, 2.45) is 0 Å².